The van der Waals surface area contributed by atoms with Gasteiger partial charge in [-0.25, -0.2) is 0 Å². The molecular formula is C27H44B4O8S2Si. The lowest BCUT2D eigenvalue weighted by atomic mass is 9.94. The van der Waals surface area contributed by atoms with E-state index in [1.807, 2.05) is 32.1 Å². The van der Waals surface area contributed by atoms with Gasteiger partial charge >= 0.3 is 0 Å². The third-order valence-electron chi connectivity index (χ3n) is 6.20. The van der Waals surface area contributed by atoms with E-state index in [9.17, 15) is 0 Å². The SMILES string of the molecule is [B][C@@H]1O[C@H](CO)C=C1C.[B][C@@H]1O[C@H](CO)C=C1C.[B][C@@H]1O[C@H](CO)C=C1S.[B][C@@H]1O[C@H](CO)C=C1SCC[Si](C)(C)C. The second-order valence-electron chi connectivity index (χ2n) is 11.3. The molecule has 0 bridgehead atoms. The summed E-state index contributed by atoms with van der Waals surface area (Å²) in [6.45, 7) is 10.9. The van der Waals surface area contributed by atoms with E-state index in [4.69, 9.17) is 70.8 Å². The summed E-state index contributed by atoms with van der Waals surface area (Å²) >= 11 is 5.77. The Morgan fingerprint density at radius 1 is 0.667 bits per heavy atom. The maximum absolute atomic E-state index is 8.93. The predicted octanol–water partition coefficient (Wildman–Crippen LogP) is 1.15. The zero-order valence-electron chi connectivity index (χ0n) is 25.3. The number of rotatable bonds is 8. The van der Waals surface area contributed by atoms with Gasteiger partial charge in [0.05, 0.1) is 50.8 Å². The van der Waals surface area contributed by atoms with E-state index in [1.54, 1.807) is 17.8 Å². The molecule has 4 rings (SSSR count). The number of aliphatic hydroxyl groups excluding tert-OH is 4. The van der Waals surface area contributed by atoms with Crippen LogP contribution in [0.15, 0.2) is 45.3 Å². The fourth-order valence-electron chi connectivity index (χ4n) is 3.59. The summed E-state index contributed by atoms with van der Waals surface area (Å²) in [4.78, 5) is 1.77. The molecule has 8 atom stereocenters. The summed E-state index contributed by atoms with van der Waals surface area (Å²) in [5.41, 5.74) is 1.99. The van der Waals surface area contributed by atoms with Crippen molar-refractivity contribution in [1.29, 1.82) is 0 Å². The predicted molar refractivity (Wildman–Crippen MR) is 179 cm³/mol. The maximum atomic E-state index is 8.93. The molecule has 0 fully saturated rings. The van der Waals surface area contributed by atoms with E-state index >= 15 is 0 Å². The van der Waals surface area contributed by atoms with Crippen molar-refractivity contribution in [3.05, 3.63) is 45.3 Å². The number of aliphatic hydroxyl groups is 4. The number of ether oxygens (including phenoxy) is 4. The van der Waals surface area contributed by atoms with Crippen LogP contribution in [0.2, 0.25) is 25.7 Å². The molecule has 228 valence electrons. The molecule has 0 aliphatic carbocycles. The van der Waals surface area contributed by atoms with Crippen LogP contribution in [0.3, 0.4) is 0 Å². The Bertz CT molecular complexity index is 858. The second kappa shape index (κ2) is 20.0. The highest BCUT2D eigenvalue weighted by Crippen LogP contribution is 2.29. The van der Waals surface area contributed by atoms with Gasteiger partial charge in [0.25, 0.3) is 0 Å². The second-order valence-corrected chi connectivity index (χ2v) is 18.6. The standard InChI is InChI=1S/C10H19BO2SSi.2C6H9BO2.C5H7BO2S/c1-15(2,3)5-4-14-9-6-8(7-12)13-10(9)11;2*1-4-2-5(3-8)9-6(4)7;6-5-4(9)1-3(2-7)8-5/h6,8,10,12H,4-5,7H2,1-3H3;2*2,5-6,8H,3H2,1H3;1,3,5,7,9H,2H2/t8-,10+;2*5-,6+;3-,5+/m0000/s1. The molecule has 8 nitrogen and oxygen atoms in total. The molecule has 8 radical (unpaired) electrons. The molecule has 42 heavy (non-hydrogen) atoms. The maximum Gasteiger partial charge on any atom is 0.116 e. The van der Waals surface area contributed by atoms with Crippen molar-refractivity contribution in [3.8, 4) is 0 Å². The number of hydrogen-bond acceptors (Lipinski definition) is 10. The fourth-order valence-corrected chi connectivity index (χ4v) is 7.38. The van der Waals surface area contributed by atoms with E-state index in [1.165, 1.54) is 6.04 Å². The van der Waals surface area contributed by atoms with Gasteiger partial charge in [0.15, 0.2) is 0 Å². The van der Waals surface area contributed by atoms with Gasteiger partial charge in [0.1, 0.15) is 31.4 Å². The number of thioether (sulfide) groups is 1. The van der Waals surface area contributed by atoms with Gasteiger partial charge in [0, 0.05) is 37.0 Å². The first kappa shape index (κ1) is 39.8. The molecule has 4 heterocycles. The van der Waals surface area contributed by atoms with Crippen LogP contribution in [-0.4, -0.2) is 140 Å². The lowest BCUT2D eigenvalue weighted by molar-refractivity contribution is 0.0559. The highest BCUT2D eigenvalue weighted by Gasteiger charge is 2.24. The summed E-state index contributed by atoms with van der Waals surface area (Å²) in [5.74, 6) is 1.11. The first-order chi connectivity index (χ1) is 19.6. The average Bonchev–Trinajstić information content (AvgIpc) is 3.66. The monoisotopic (exact) mass is 632 g/mol. The largest absolute Gasteiger partial charge is 0.393 e. The summed E-state index contributed by atoms with van der Waals surface area (Å²) in [6, 6.07) is -0.0884. The van der Waals surface area contributed by atoms with Crippen LogP contribution in [0, 0.1) is 0 Å². The third kappa shape index (κ3) is 15.2. The number of thiol groups is 1. The first-order valence-electron chi connectivity index (χ1n) is 13.8. The molecular weight excluding hydrogens is 588 g/mol. The molecule has 0 aromatic rings. The zero-order chi connectivity index (χ0) is 32.0. The minimum Gasteiger partial charge on any atom is -0.393 e. The van der Waals surface area contributed by atoms with Gasteiger partial charge in [-0.1, -0.05) is 42.9 Å². The molecule has 0 aromatic heterocycles. The molecule has 0 spiro atoms. The van der Waals surface area contributed by atoms with Crippen LogP contribution in [0.5, 0.6) is 0 Å². The Hall–Kier alpha value is -0.183. The van der Waals surface area contributed by atoms with Gasteiger partial charge in [-0.05, 0) is 42.7 Å². The van der Waals surface area contributed by atoms with Crippen molar-refractivity contribution in [2.24, 2.45) is 0 Å². The van der Waals surface area contributed by atoms with Gasteiger partial charge in [0.2, 0.25) is 0 Å². The van der Waals surface area contributed by atoms with Crippen molar-refractivity contribution in [2.45, 2.75) is 88.0 Å². The summed E-state index contributed by atoms with van der Waals surface area (Å²) in [7, 11) is 21.1. The van der Waals surface area contributed by atoms with Crippen molar-refractivity contribution in [3.63, 3.8) is 0 Å². The Morgan fingerprint density at radius 2 is 1.05 bits per heavy atom. The minimum atomic E-state index is -0.956. The highest BCUT2D eigenvalue weighted by molar-refractivity contribution is 8.03. The lowest BCUT2D eigenvalue weighted by Gasteiger charge is -2.16. The van der Waals surface area contributed by atoms with E-state index in [-0.39, 0.29) is 68.9 Å². The zero-order valence-corrected chi connectivity index (χ0v) is 28.0. The molecule has 4 aliphatic heterocycles. The minimum absolute atomic E-state index is 0.0189. The van der Waals surface area contributed by atoms with E-state index in [0.29, 0.717) is 4.91 Å². The van der Waals surface area contributed by atoms with Crippen LogP contribution in [0.4, 0.5) is 0 Å². The molecule has 4 N–H and O–H groups in total. The van der Waals surface area contributed by atoms with Crippen molar-refractivity contribution < 1.29 is 39.4 Å². The van der Waals surface area contributed by atoms with E-state index in [2.05, 4.69) is 32.3 Å². The Kier molecular flexibility index (Phi) is 19.0. The van der Waals surface area contributed by atoms with Gasteiger partial charge in [-0.15, -0.1) is 24.4 Å². The van der Waals surface area contributed by atoms with E-state index < -0.39 is 14.1 Å². The van der Waals surface area contributed by atoms with Gasteiger partial charge < -0.3 is 39.4 Å². The van der Waals surface area contributed by atoms with Crippen LogP contribution in [0.1, 0.15) is 13.8 Å². The lowest BCUT2D eigenvalue weighted by Crippen LogP contribution is -2.20. The topological polar surface area (TPSA) is 118 Å². The normalized spacial score (nSPS) is 31.9. The van der Waals surface area contributed by atoms with Gasteiger partial charge in [-0.2, -0.15) is 0 Å². The highest BCUT2D eigenvalue weighted by atomic mass is 32.2. The summed E-state index contributed by atoms with van der Waals surface area (Å²) in [6.07, 6.45) is 6.50. The van der Waals surface area contributed by atoms with Crippen molar-refractivity contribution >= 4 is 63.8 Å². The molecule has 0 amide bonds. The molecule has 0 saturated carbocycles. The van der Waals surface area contributed by atoms with Crippen LogP contribution in [0.25, 0.3) is 0 Å². The van der Waals surface area contributed by atoms with Crippen LogP contribution in [-0.2, 0) is 18.9 Å². The molecule has 15 heteroatoms. The van der Waals surface area contributed by atoms with Crippen molar-refractivity contribution in [2.75, 3.05) is 32.2 Å². The van der Waals surface area contributed by atoms with Crippen LogP contribution >= 0.6 is 24.4 Å². The Morgan fingerprint density at radius 3 is 1.31 bits per heavy atom. The molecule has 4 aliphatic rings. The Labute approximate surface area is 267 Å². The summed E-state index contributed by atoms with van der Waals surface area (Å²) < 4.78 is 20.4. The molecule has 0 aromatic carbocycles. The summed E-state index contributed by atoms with van der Waals surface area (Å²) in [5, 5.41) is 34.6. The molecule has 0 unspecified atom stereocenters. The van der Waals surface area contributed by atoms with Gasteiger partial charge in [-0.3, -0.25) is 0 Å². The van der Waals surface area contributed by atoms with Crippen LogP contribution < -0.4 is 0 Å². The quantitative estimate of drug-likeness (QED) is 0.153. The first-order valence-corrected chi connectivity index (χ1v) is 19.0. The van der Waals surface area contributed by atoms with Crippen molar-refractivity contribution in [1.82, 2.24) is 0 Å². The smallest absolute Gasteiger partial charge is 0.116 e. The van der Waals surface area contributed by atoms with E-state index in [0.717, 1.165) is 21.8 Å². The number of hydrogen-bond donors (Lipinski definition) is 5. The third-order valence-corrected chi connectivity index (χ3v) is 9.83. The average molecular weight is 632 g/mol. The Balaban J connectivity index is 0.000000288. The molecule has 0 saturated heterocycles. The fraction of sp³-hybridized carbons (Fsp3) is 0.704.